The molecule has 1 aliphatic rings. The van der Waals surface area contributed by atoms with Crippen LogP contribution in [-0.4, -0.2) is 46.4 Å². The number of nitrogens with zero attached hydrogens (tertiary/aromatic N) is 3. The molecule has 24 heavy (non-hydrogen) atoms. The number of rotatable bonds is 4. The van der Waals surface area contributed by atoms with Gasteiger partial charge in [0.1, 0.15) is 5.75 Å². The van der Waals surface area contributed by atoms with Gasteiger partial charge in [-0.05, 0) is 30.3 Å². The topological polar surface area (TPSA) is 55.4 Å². The first-order valence-electron chi connectivity index (χ1n) is 8.13. The number of H-pyrrole nitrogens is 1. The third-order valence-electron chi connectivity index (χ3n) is 4.40. The molecule has 3 heterocycles. The smallest absolute Gasteiger partial charge is 0.138 e. The molecular weight excluding hydrogens is 320 g/mol. The van der Waals surface area contributed by atoms with Crippen molar-refractivity contribution >= 4 is 17.0 Å². The lowest BCUT2D eigenvalue weighted by Gasteiger charge is -2.36. The van der Waals surface area contributed by atoms with Crippen molar-refractivity contribution in [2.45, 2.75) is 6.54 Å². The van der Waals surface area contributed by atoms with Crippen LogP contribution < -0.4 is 4.90 Å². The van der Waals surface area contributed by atoms with E-state index in [1.807, 2.05) is 35.6 Å². The summed E-state index contributed by atoms with van der Waals surface area (Å²) in [6, 6.07) is 13.9. The quantitative estimate of drug-likeness (QED) is 0.766. The Morgan fingerprint density at radius 1 is 1.04 bits per heavy atom. The van der Waals surface area contributed by atoms with Gasteiger partial charge < -0.3 is 10.0 Å². The molecule has 0 aliphatic carbocycles. The molecule has 0 amide bonds. The van der Waals surface area contributed by atoms with E-state index >= 15 is 0 Å². The lowest BCUT2D eigenvalue weighted by molar-refractivity contribution is 0.251. The standard InChI is InChI=1S/C18H20N4OS/c23-17-4-2-1-3-16(17)22-11-9-21(10-12-22)13-14-5-6-18(24-14)15-7-8-19-20-15/h1-8,23H,9-13H2,(H,19,20). The molecule has 124 valence electrons. The van der Waals surface area contributed by atoms with Gasteiger partial charge in [0, 0.05) is 43.8 Å². The normalized spacial score (nSPS) is 15.8. The number of para-hydroxylation sites is 2. The van der Waals surface area contributed by atoms with Gasteiger partial charge >= 0.3 is 0 Å². The predicted octanol–water partition coefficient (Wildman–Crippen LogP) is 3.17. The molecule has 0 atom stereocenters. The molecule has 1 aromatic carbocycles. The second-order valence-electron chi connectivity index (χ2n) is 5.99. The summed E-state index contributed by atoms with van der Waals surface area (Å²) in [5.74, 6) is 0.369. The molecule has 4 rings (SSSR count). The maximum absolute atomic E-state index is 10.00. The minimum atomic E-state index is 0.369. The van der Waals surface area contributed by atoms with Gasteiger partial charge in [0.25, 0.3) is 0 Å². The second kappa shape index (κ2) is 6.67. The van der Waals surface area contributed by atoms with Crippen LogP contribution in [0.1, 0.15) is 4.88 Å². The number of hydrogen-bond acceptors (Lipinski definition) is 5. The van der Waals surface area contributed by atoms with Crippen molar-refractivity contribution in [3.63, 3.8) is 0 Å². The molecule has 0 unspecified atom stereocenters. The summed E-state index contributed by atoms with van der Waals surface area (Å²) in [7, 11) is 0. The zero-order chi connectivity index (χ0) is 16.4. The number of aromatic nitrogens is 2. The van der Waals surface area contributed by atoms with E-state index in [1.54, 1.807) is 12.3 Å². The minimum absolute atomic E-state index is 0.369. The van der Waals surface area contributed by atoms with Gasteiger partial charge in [-0.2, -0.15) is 5.10 Å². The molecule has 0 saturated carbocycles. The fourth-order valence-electron chi connectivity index (χ4n) is 3.10. The molecule has 5 nitrogen and oxygen atoms in total. The summed E-state index contributed by atoms with van der Waals surface area (Å²) in [6.07, 6.45) is 1.78. The monoisotopic (exact) mass is 340 g/mol. The summed E-state index contributed by atoms with van der Waals surface area (Å²) in [5, 5.41) is 17.0. The number of piperazine rings is 1. The number of phenols is 1. The first kappa shape index (κ1) is 15.2. The first-order chi connectivity index (χ1) is 11.8. The van der Waals surface area contributed by atoms with Gasteiger partial charge in [-0.25, -0.2) is 0 Å². The largest absolute Gasteiger partial charge is 0.506 e. The van der Waals surface area contributed by atoms with Crippen molar-refractivity contribution in [2.75, 3.05) is 31.1 Å². The zero-order valence-corrected chi connectivity index (χ0v) is 14.2. The maximum atomic E-state index is 10.00. The summed E-state index contributed by atoms with van der Waals surface area (Å²) in [5.41, 5.74) is 2.02. The number of aromatic amines is 1. The van der Waals surface area contributed by atoms with Gasteiger partial charge in [0.15, 0.2) is 0 Å². The number of thiophene rings is 1. The number of phenolic OH excluding ortho intramolecular Hbond substituents is 1. The highest BCUT2D eigenvalue weighted by molar-refractivity contribution is 7.15. The van der Waals surface area contributed by atoms with Crippen LogP contribution in [0.25, 0.3) is 10.6 Å². The predicted molar refractivity (Wildman–Crippen MR) is 97.5 cm³/mol. The van der Waals surface area contributed by atoms with E-state index in [-0.39, 0.29) is 0 Å². The molecule has 0 bridgehead atoms. The van der Waals surface area contributed by atoms with E-state index < -0.39 is 0 Å². The molecule has 0 spiro atoms. The third-order valence-corrected chi connectivity index (χ3v) is 5.51. The number of benzene rings is 1. The van der Waals surface area contributed by atoms with Crippen LogP contribution in [-0.2, 0) is 6.54 Å². The Hall–Kier alpha value is -2.31. The van der Waals surface area contributed by atoms with E-state index in [0.717, 1.165) is 44.1 Å². The molecule has 2 N–H and O–H groups in total. The van der Waals surface area contributed by atoms with Crippen LogP contribution >= 0.6 is 11.3 Å². The second-order valence-corrected chi connectivity index (χ2v) is 7.16. The lowest BCUT2D eigenvalue weighted by atomic mass is 10.2. The summed E-state index contributed by atoms with van der Waals surface area (Å²) in [4.78, 5) is 7.33. The Morgan fingerprint density at radius 2 is 1.88 bits per heavy atom. The van der Waals surface area contributed by atoms with Gasteiger partial charge in [-0.1, -0.05) is 12.1 Å². The molecule has 1 aliphatic heterocycles. The summed E-state index contributed by atoms with van der Waals surface area (Å²) in [6.45, 7) is 4.87. The summed E-state index contributed by atoms with van der Waals surface area (Å²) >= 11 is 1.82. The highest BCUT2D eigenvalue weighted by Gasteiger charge is 2.19. The molecule has 3 aromatic rings. The first-order valence-corrected chi connectivity index (χ1v) is 8.95. The van der Waals surface area contributed by atoms with Crippen molar-refractivity contribution in [2.24, 2.45) is 0 Å². The maximum Gasteiger partial charge on any atom is 0.138 e. The third kappa shape index (κ3) is 3.16. The van der Waals surface area contributed by atoms with Gasteiger partial charge in [0.05, 0.1) is 16.3 Å². The van der Waals surface area contributed by atoms with E-state index in [2.05, 4.69) is 32.1 Å². The fraction of sp³-hybridized carbons (Fsp3) is 0.278. The van der Waals surface area contributed by atoms with Crippen LogP contribution in [0.3, 0.4) is 0 Å². The van der Waals surface area contributed by atoms with E-state index in [1.165, 1.54) is 9.75 Å². The Bertz CT molecular complexity index is 791. The van der Waals surface area contributed by atoms with Crippen molar-refractivity contribution in [1.82, 2.24) is 15.1 Å². The number of nitrogens with one attached hydrogen (secondary N) is 1. The van der Waals surface area contributed by atoms with E-state index in [0.29, 0.717) is 5.75 Å². The van der Waals surface area contributed by atoms with Crippen LogP contribution in [0.5, 0.6) is 5.75 Å². The van der Waals surface area contributed by atoms with Crippen LogP contribution in [0.2, 0.25) is 0 Å². The molecule has 1 saturated heterocycles. The Kier molecular flexibility index (Phi) is 4.23. The van der Waals surface area contributed by atoms with E-state index in [4.69, 9.17) is 0 Å². The highest BCUT2D eigenvalue weighted by Crippen LogP contribution is 2.29. The summed E-state index contributed by atoms with van der Waals surface area (Å²) < 4.78 is 0. The fourth-order valence-corrected chi connectivity index (χ4v) is 4.13. The zero-order valence-electron chi connectivity index (χ0n) is 13.4. The number of hydrogen-bond donors (Lipinski definition) is 2. The van der Waals surface area contributed by atoms with Crippen molar-refractivity contribution in [1.29, 1.82) is 0 Å². The molecule has 1 fully saturated rings. The Labute approximate surface area is 145 Å². The van der Waals surface area contributed by atoms with Gasteiger partial charge in [-0.3, -0.25) is 10.00 Å². The minimum Gasteiger partial charge on any atom is -0.506 e. The Balaban J connectivity index is 1.36. The van der Waals surface area contributed by atoms with Crippen LogP contribution in [0.4, 0.5) is 5.69 Å². The lowest BCUT2D eigenvalue weighted by Crippen LogP contribution is -2.45. The highest BCUT2D eigenvalue weighted by atomic mass is 32.1. The Morgan fingerprint density at radius 3 is 2.62 bits per heavy atom. The van der Waals surface area contributed by atoms with Crippen LogP contribution in [0.15, 0.2) is 48.7 Å². The SMILES string of the molecule is Oc1ccccc1N1CCN(Cc2ccc(-c3ccn[nH]3)s2)CC1. The average molecular weight is 340 g/mol. The van der Waals surface area contributed by atoms with Crippen molar-refractivity contribution < 1.29 is 5.11 Å². The van der Waals surface area contributed by atoms with Gasteiger partial charge in [0.2, 0.25) is 0 Å². The number of anilines is 1. The molecule has 2 aromatic heterocycles. The van der Waals surface area contributed by atoms with Gasteiger partial charge in [-0.15, -0.1) is 11.3 Å². The van der Waals surface area contributed by atoms with Crippen molar-refractivity contribution in [3.8, 4) is 16.3 Å². The van der Waals surface area contributed by atoms with Crippen LogP contribution in [0, 0.1) is 0 Å². The van der Waals surface area contributed by atoms with E-state index in [9.17, 15) is 5.11 Å². The van der Waals surface area contributed by atoms with Crippen molar-refractivity contribution in [3.05, 3.63) is 53.5 Å². The number of aromatic hydroxyl groups is 1. The molecule has 6 heteroatoms. The average Bonchev–Trinajstić information content (AvgIpc) is 3.27. The molecular formula is C18H20N4OS. The molecule has 0 radical (unpaired) electrons.